The molecule has 0 aliphatic heterocycles. The van der Waals surface area contributed by atoms with Gasteiger partial charge in [-0.05, 0) is 56.9 Å². The van der Waals surface area contributed by atoms with Gasteiger partial charge in [-0.15, -0.1) is 0 Å². The molecule has 3 nitrogen and oxygen atoms in total. The summed E-state index contributed by atoms with van der Waals surface area (Å²) in [5.41, 5.74) is 5.22. The van der Waals surface area contributed by atoms with Crippen molar-refractivity contribution < 1.29 is 14.0 Å². The van der Waals surface area contributed by atoms with Gasteiger partial charge in [0.25, 0.3) is 0 Å². The summed E-state index contributed by atoms with van der Waals surface area (Å²) in [6, 6.07) is 7.49. The minimum atomic E-state index is -1.07. The SMILES string of the molecule is Cc1cc(C)c(C2C(=O)CC(Cc3ccc(C(C)F)cn3)C2=O)c(C)c1. The van der Waals surface area contributed by atoms with Crippen molar-refractivity contribution in [3.8, 4) is 0 Å². The van der Waals surface area contributed by atoms with E-state index in [0.717, 1.165) is 27.9 Å². The van der Waals surface area contributed by atoms with Gasteiger partial charge in [-0.1, -0.05) is 23.8 Å². The zero-order valence-corrected chi connectivity index (χ0v) is 15.7. The number of hydrogen-bond donors (Lipinski definition) is 0. The molecule has 1 aliphatic carbocycles. The number of Topliss-reactive ketones (excluding diaryl/α,β-unsaturated/α-hetero) is 2. The zero-order chi connectivity index (χ0) is 19.0. The van der Waals surface area contributed by atoms with Crippen molar-refractivity contribution in [2.75, 3.05) is 0 Å². The van der Waals surface area contributed by atoms with Gasteiger partial charge in [0.15, 0.2) is 5.78 Å². The first kappa shape index (κ1) is 18.4. The van der Waals surface area contributed by atoms with Crippen LogP contribution in [0.4, 0.5) is 4.39 Å². The number of halogens is 1. The highest BCUT2D eigenvalue weighted by Gasteiger charge is 2.43. The highest BCUT2D eigenvalue weighted by atomic mass is 19.1. The molecule has 0 N–H and O–H groups in total. The van der Waals surface area contributed by atoms with E-state index in [1.54, 1.807) is 12.1 Å². The molecule has 136 valence electrons. The topological polar surface area (TPSA) is 47.0 Å². The Labute approximate surface area is 153 Å². The molecule has 1 heterocycles. The van der Waals surface area contributed by atoms with Crippen LogP contribution in [-0.2, 0) is 16.0 Å². The van der Waals surface area contributed by atoms with Crippen molar-refractivity contribution >= 4 is 11.6 Å². The molecule has 3 atom stereocenters. The molecule has 4 heteroatoms. The van der Waals surface area contributed by atoms with Crippen LogP contribution in [0, 0.1) is 26.7 Å². The molecule has 1 aliphatic rings. The van der Waals surface area contributed by atoms with Gasteiger partial charge in [0.1, 0.15) is 17.9 Å². The average molecular weight is 353 g/mol. The lowest BCUT2D eigenvalue weighted by molar-refractivity contribution is -0.124. The van der Waals surface area contributed by atoms with Crippen LogP contribution in [0.5, 0.6) is 0 Å². The molecule has 0 radical (unpaired) electrons. The lowest BCUT2D eigenvalue weighted by atomic mass is 9.86. The maximum Gasteiger partial charge on any atom is 0.151 e. The maximum absolute atomic E-state index is 13.3. The van der Waals surface area contributed by atoms with Crippen LogP contribution < -0.4 is 0 Å². The van der Waals surface area contributed by atoms with E-state index < -0.39 is 12.1 Å². The van der Waals surface area contributed by atoms with Crippen molar-refractivity contribution in [1.82, 2.24) is 4.98 Å². The number of pyridine rings is 1. The Bertz CT molecular complexity index is 832. The Kier molecular flexibility index (Phi) is 5.03. The molecule has 0 spiro atoms. The summed E-state index contributed by atoms with van der Waals surface area (Å²) in [4.78, 5) is 29.9. The van der Waals surface area contributed by atoms with Crippen molar-refractivity contribution in [1.29, 1.82) is 0 Å². The van der Waals surface area contributed by atoms with Gasteiger partial charge >= 0.3 is 0 Å². The van der Waals surface area contributed by atoms with Crippen molar-refractivity contribution in [3.63, 3.8) is 0 Å². The lowest BCUT2D eigenvalue weighted by Gasteiger charge is -2.16. The molecule has 1 aromatic heterocycles. The highest BCUT2D eigenvalue weighted by molar-refractivity contribution is 6.15. The normalized spacial score (nSPS) is 21.3. The summed E-state index contributed by atoms with van der Waals surface area (Å²) in [7, 11) is 0. The minimum Gasteiger partial charge on any atom is -0.298 e. The first-order chi connectivity index (χ1) is 12.3. The second-order valence-electron chi connectivity index (χ2n) is 7.42. The first-order valence-corrected chi connectivity index (χ1v) is 9.01. The second-order valence-corrected chi connectivity index (χ2v) is 7.42. The number of benzene rings is 1. The predicted molar refractivity (Wildman–Crippen MR) is 99.0 cm³/mol. The molecule has 26 heavy (non-hydrogen) atoms. The number of aromatic nitrogens is 1. The number of alkyl halides is 1. The number of carbonyl (C=O) groups is 2. The fourth-order valence-electron chi connectivity index (χ4n) is 4.02. The van der Waals surface area contributed by atoms with Crippen LogP contribution in [0.3, 0.4) is 0 Å². The van der Waals surface area contributed by atoms with Crippen molar-refractivity contribution in [2.45, 2.75) is 52.6 Å². The van der Waals surface area contributed by atoms with Crippen LogP contribution >= 0.6 is 0 Å². The van der Waals surface area contributed by atoms with Crippen LogP contribution in [0.1, 0.15) is 58.9 Å². The van der Waals surface area contributed by atoms with E-state index >= 15 is 0 Å². The smallest absolute Gasteiger partial charge is 0.151 e. The summed E-state index contributed by atoms with van der Waals surface area (Å²) in [5, 5.41) is 0. The number of ketones is 2. The van der Waals surface area contributed by atoms with Crippen LogP contribution in [-0.4, -0.2) is 16.6 Å². The predicted octanol–water partition coefficient (Wildman–Crippen LogP) is 4.52. The minimum absolute atomic E-state index is 0.0101. The lowest BCUT2D eigenvalue weighted by Crippen LogP contribution is -2.19. The molecular weight excluding hydrogens is 329 g/mol. The van der Waals surface area contributed by atoms with Gasteiger partial charge in [0.2, 0.25) is 0 Å². The maximum atomic E-state index is 13.3. The van der Waals surface area contributed by atoms with E-state index in [0.29, 0.717) is 12.0 Å². The molecule has 0 amide bonds. The Morgan fingerprint density at radius 1 is 1.15 bits per heavy atom. The molecule has 3 unspecified atom stereocenters. The van der Waals surface area contributed by atoms with E-state index in [-0.39, 0.29) is 23.9 Å². The van der Waals surface area contributed by atoms with E-state index in [1.807, 2.05) is 32.9 Å². The van der Waals surface area contributed by atoms with Crippen LogP contribution in [0.2, 0.25) is 0 Å². The summed E-state index contributed by atoms with van der Waals surface area (Å²) in [6.07, 6.45) is 1.11. The monoisotopic (exact) mass is 353 g/mol. The van der Waals surface area contributed by atoms with Gasteiger partial charge < -0.3 is 0 Å². The van der Waals surface area contributed by atoms with Crippen LogP contribution in [0.25, 0.3) is 0 Å². The first-order valence-electron chi connectivity index (χ1n) is 9.01. The highest BCUT2D eigenvalue weighted by Crippen LogP contribution is 2.37. The summed E-state index contributed by atoms with van der Waals surface area (Å²) >= 11 is 0. The number of nitrogens with zero attached hydrogens (tertiary/aromatic N) is 1. The van der Waals surface area contributed by atoms with Gasteiger partial charge in [-0.2, -0.15) is 0 Å². The van der Waals surface area contributed by atoms with E-state index in [1.165, 1.54) is 13.1 Å². The van der Waals surface area contributed by atoms with E-state index in [4.69, 9.17) is 0 Å². The number of carbonyl (C=O) groups excluding carboxylic acids is 2. The zero-order valence-electron chi connectivity index (χ0n) is 15.7. The molecule has 1 aromatic carbocycles. The molecule has 2 aromatic rings. The largest absolute Gasteiger partial charge is 0.298 e. The quantitative estimate of drug-likeness (QED) is 0.759. The molecular formula is C22H24FNO2. The second kappa shape index (κ2) is 7.10. The number of rotatable bonds is 4. The van der Waals surface area contributed by atoms with Gasteiger partial charge in [-0.3, -0.25) is 14.6 Å². The van der Waals surface area contributed by atoms with Crippen molar-refractivity contribution in [3.05, 3.63) is 64.0 Å². The molecule has 3 rings (SSSR count). The Balaban J connectivity index is 1.83. The van der Waals surface area contributed by atoms with Gasteiger partial charge in [0, 0.05) is 29.8 Å². The molecule has 0 saturated heterocycles. The fraction of sp³-hybridized carbons (Fsp3) is 0.409. The van der Waals surface area contributed by atoms with E-state index in [2.05, 4.69) is 4.98 Å². The third-order valence-electron chi connectivity index (χ3n) is 5.25. The number of aryl methyl sites for hydroxylation is 3. The third-order valence-corrected chi connectivity index (χ3v) is 5.25. The molecule has 1 fully saturated rings. The van der Waals surface area contributed by atoms with Gasteiger partial charge in [0.05, 0.1) is 0 Å². The van der Waals surface area contributed by atoms with E-state index in [9.17, 15) is 14.0 Å². The molecule has 1 saturated carbocycles. The third kappa shape index (κ3) is 3.46. The van der Waals surface area contributed by atoms with Crippen molar-refractivity contribution in [2.24, 2.45) is 5.92 Å². The Morgan fingerprint density at radius 2 is 1.81 bits per heavy atom. The summed E-state index contributed by atoms with van der Waals surface area (Å²) < 4.78 is 13.3. The fourth-order valence-corrected chi connectivity index (χ4v) is 4.02. The standard InChI is InChI=1S/C22H24FNO2/c1-12-7-13(2)20(14(3)8-12)21-19(25)10-17(22(21)26)9-18-6-5-16(11-24-18)15(4)23/h5-8,11,15,17,21H,9-10H2,1-4H3. The van der Waals surface area contributed by atoms with Gasteiger partial charge in [-0.25, -0.2) is 4.39 Å². The summed E-state index contributed by atoms with van der Waals surface area (Å²) in [6.45, 7) is 7.40. The Morgan fingerprint density at radius 3 is 2.35 bits per heavy atom. The summed E-state index contributed by atoms with van der Waals surface area (Å²) in [5.74, 6) is -1.04. The van der Waals surface area contributed by atoms with Crippen LogP contribution in [0.15, 0.2) is 30.5 Å². The Hall–Kier alpha value is -2.36. The molecule has 0 bridgehead atoms. The number of hydrogen-bond acceptors (Lipinski definition) is 3. The average Bonchev–Trinajstić information content (AvgIpc) is 2.82.